The largest absolute Gasteiger partial charge is 0.338 e. The van der Waals surface area contributed by atoms with E-state index in [1.807, 2.05) is 6.07 Å². The van der Waals surface area contributed by atoms with Crippen LogP contribution in [-0.4, -0.2) is 36.7 Å². The zero-order valence-corrected chi connectivity index (χ0v) is 16.0. The molecular weight excluding hydrogens is 378 g/mol. The lowest BCUT2D eigenvalue weighted by Gasteiger charge is -2.20. The molecule has 0 radical (unpaired) electrons. The van der Waals surface area contributed by atoms with Gasteiger partial charge in [0, 0.05) is 13.1 Å². The Morgan fingerprint density at radius 1 is 1.00 bits per heavy atom. The van der Waals surface area contributed by atoms with Crippen molar-refractivity contribution in [2.45, 2.75) is 0 Å². The molecule has 0 unspecified atom stereocenters. The second-order valence-corrected chi connectivity index (χ2v) is 7.82. The third kappa shape index (κ3) is 4.52. The van der Waals surface area contributed by atoms with Crippen LogP contribution in [0, 0.1) is 11.3 Å². The van der Waals surface area contributed by atoms with Crippen molar-refractivity contribution in [3.63, 3.8) is 0 Å². The van der Waals surface area contributed by atoms with Crippen LogP contribution in [-0.2, 0) is 10.0 Å². The summed E-state index contributed by atoms with van der Waals surface area (Å²) in [5.41, 5.74) is 1.35. The summed E-state index contributed by atoms with van der Waals surface area (Å²) in [5.74, 6) is 1.40. The number of para-hydroxylation sites is 2. The quantitative estimate of drug-likeness (QED) is 0.653. The molecule has 1 aromatic carbocycles. The summed E-state index contributed by atoms with van der Waals surface area (Å²) >= 11 is 0. The highest BCUT2D eigenvalue weighted by Gasteiger charge is 2.15. The molecule has 0 saturated heterocycles. The molecule has 0 aliphatic carbocycles. The second kappa shape index (κ2) is 7.89. The first-order valence-corrected chi connectivity index (χ1v) is 9.98. The second-order valence-electron chi connectivity index (χ2n) is 5.81. The smallest absolute Gasteiger partial charge is 0.232 e. The van der Waals surface area contributed by atoms with Crippen molar-refractivity contribution in [3.8, 4) is 6.07 Å². The molecule has 0 aliphatic rings. The number of hydrogen-bond donors (Lipinski definition) is 2. The van der Waals surface area contributed by atoms with Crippen LogP contribution in [0.2, 0.25) is 0 Å². The Balaban J connectivity index is 1.85. The fourth-order valence-electron chi connectivity index (χ4n) is 2.36. The van der Waals surface area contributed by atoms with Crippen molar-refractivity contribution in [2.24, 2.45) is 0 Å². The van der Waals surface area contributed by atoms with Gasteiger partial charge in [-0.2, -0.15) is 5.26 Å². The fraction of sp³-hybridized carbons (Fsp3) is 0.111. The molecule has 2 heterocycles. The van der Waals surface area contributed by atoms with E-state index < -0.39 is 10.0 Å². The Hall–Kier alpha value is -3.71. The number of pyridine rings is 1. The number of rotatable bonds is 6. The Morgan fingerprint density at radius 2 is 1.71 bits per heavy atom. The minimum Gasteiger partial charge on any atom is -0.338 e. The van der Waals surface area contributed by atoms with Crippen LogP contribution in [0.5, 0.6) is 0 Å². The lowest BCUT2D eigenvalue weighted by Crippen LogP contribution is -2.25. The SMILES string of the molecule is CN(c1ccccc1Nc1cc(Nc2cccc(C#N)n2)ncn1)S(C)(=O)=O. The summed E-state index contributed by atoms with van der Waals surface area (Å²) in [6, 6.07) is 15.7. The maximum atomic E-state index is 11.9. The zero-order chi connectivity index (χ0) is 20.1. The number of nitrogens with one attached hydrogen (secondary N) is 2. The lowest BCUT2D eigenvalue weighted by molar-refractivity contribution is 0.600. The number of hydrogen-bond acceptors (Lipinski definition) is 8. The first kappa shape index (κ1) is 19.1. The lowest BCUT2D eigenvalue weighted by atomic mass is 10.2. The maximum Gasteiger partial charge on any atom is 0.232 e. The molecule has 10 heteroatoms. The summed E-state index contributed by atoms with van der Waals surface area (Å²) < 4.78 is 24.9. The molecule has 0 bridgehead atoms. The molecule has 0 spiro atoms. The van der Waals surface area contributed by atoms with Gasteiger partial charge < -0.3 is 10.6 Å². The Kier molecular flexibility index (Phi) is 5.37. The number of anilines is 5. The molecular formula is C18H17N7O2S. The molecule has 0 atom stereocenters. The van der Waals surface area contributed by atoms with Crippen LogP contribution in [0.1, 0.15) is 5.69 Å². The van der Waals surface area contributed by atoms with E-state index in [2.05, 4.69) is 25.6 Å². The highest BCUT2D eigenvalue weighted by Crippen LogP contribution is 2.29. The van der Waals surface area contributed by atoms with Crippen LogP contribution in [0.4, 0.5) is 28.8 Å². The van der Waals surface area contributed by atoms with E-state index in [1.54, 1.807) is 48.5 Å². The summed E-state index contributed by atoms with van der Waals surface area (Å²) in [5, 5.41) is 15.1. The van der Waals surface area contributed by atoms with Crippen molar-refractivity contribution in [2.75, 3.05) is 28.2 Å². The minimum absolute atomic E-state index is 0.287. The van der Waals surface area contributed by atoms with Gasteiger partial charge in [0.1, 0.15) is 35.5 Å². The van der Waals surface area contributed by atoms with Gasteiger partial charge in [0.15, 0.2) is 0 Å². The van der Waals surface area contributed by atoms with Gasteiger partial charge in [0.2, 0.25) is 10.0 Å². The van der Waals surface area contributed by atoms with E-state index in [1.165, 1.54) is 17.7 Å². The number of sulfonamides is 1. The van der Waals surface area contributed by atoms with Crippen molar-refractivity contribution in [1.82, 2.24) is 15.0 Å². The van der Waals surface area contributed by atoms with E-state index in [-0.39, 0.29) is 5.69 Å². The van der Waals surface area contributed by atoms with Crippen LogP contribution in [0.15, 0.2) is 54.9 Å². The highest BCUT2D eigenvalue weighted by molar-refractivity contribution is 7.92. The zero-order valence-electron chi connectivity index (χ0n) is 15.2. The summed E-state index contributed by atoms with van der Waals surface area (Å²) in [4.78, 5) is 12.4. The first-order chi connectivity index (χ1) is 13.4. The average Bonchev–Trinajstić information content (AvgIpc) is 2.67. The van der Waals surface area contributed by atoms with Crippen LogP contribution < -0.4 is 14.9 Å². The minimum atomic E-state index is -3.41. The predicted octanol–water partition coefficient (Wildman–Crippen LogP) is 2.63. The van der Waals surface area contributed by atoms with E-state index in [4.69, 9.17) is 5.26 Å². The van der Waals surface area contributed by atoms with Crippen LogP contribution >= 0.6 is 0 Å². The standard InChI is InChI=1S/C18H17N7O2S/c1-25(28(2,26)27)15-8-4-3-7-14(15)23-17-10-18(21-12-20-17)24-16-9-5-6-13(11-19)22-16/h3-10,12H,1-2H3,(H2,20,21,22,23,24). The van der Waals surface area contributed by atoms with E-state index in [0.717, 1.165) is 6.26 Å². The molecule has 2 N–H and O–H groups in total. The highest BCUT2D eigenvalue weighted by atomic mass is 32.2. The monoisotopic (exact) mass is 395 g/mol. The molecule has 2 aromatic heterocycles. The van der Waals surface area contributed by atoms with Gasteiger partial charge >= 0.3 is 0 Å². The Morgan fingerprint density at radius 3 is 2.43 bits per heavy atom. The van der Waals surface area contributed by atoms with Gasteiger partial charge in [-0.05, 0) is 24.3 Å². The Labute approximate surface area is 162 Å². The topological polar surface area (TPSA) is 124 Å². The van der Waals surface area contributed by atoms with Crippen molar-refractivity contribution < 1.29 is 8.42 Å². The molecule has 0 aliphatic heterocycles. The fourth-order valence-corrected chi connectivity index (χ4v) is 2.88. The van der Waals surface area contributed by atoms with Gasteiger partial charge in [-0.15, -0.1) is 0 Å². The maximum absolute atomic E-state index is 11.9. The van der Waals surface area contributed by atoms with Gasteiger partial charge in [-0.3, -0.25) is 4.31 Å². The molecule has 9 nitrogen and oxygen atoms in total. The van der Waals surface area contributed by atoms with Crippen molar-refractivity contribution in [1.29, 1.82) is 5.26 Å². The van der Waals surface area contributed by atoms with Crippen molar-refractivity contribution in [3.05, 3.63) is 60.6 Å². The molecule has 142 valence electrons. The number of aromatic nitrogens is 3. The molecule has 3 aromatic rings. The normalized spacial score (nSPS) is 10.8. The van der Waals surface area contributed by atoms with Crippen molar-refractivity contribution >= 4 is 38.9 Å². The average molecular weight is 395 g/mol. The Bertz CT molecular complexity index is 1140. The molecule has 0 amide bonds. The third-order valence-electron chi connectivity index (χ3n) is 3.79. The van der Waals surface area contributed by atoms with E-state index >= 15 is 0 Å². The van der Waals surface area contributed by atoms with Gasteiger partial charge in [0.25, 0.3) is 0 Å². The molecule has 0 fully saturated rings. The summed E-state index contributed by atoms with van der Waals surface area (Å²) in [7, 11) is -1.93. The number of nitriles is 1. The number of benzene rings is 1. The number of nitrogens with zero attached hydrogens (tertiary/aromatic N) is 5. The van der Waals surface area contributed by atoms with Crippen LogP contribution in [0.25, 0.3) is 0 Å². The third-order valence-corrected chi connectivity index (χ3v) is 4.98. The van der Waals surface area contributed by atoms with Gasteiger partial charge in [-0.25, -0.2) is 23.4 Å². The van der Waals surface area contributed by atoms with Crippen LogP contribution in [0.3, 0.4) is 0 Å². The van der Waals surface area contributed by atoms with E-state index in [0.29, 0.717) is 28.8 Å². The van der Waals surface area contributed by atoms with Gasteiger partial charge in [-0.1, -0.05) is 18.2 Å². The summed E-state index contributed by atoms with van der Waals surface area (Å²) in [6.45, 7) is 0. The molecule has 28 heavy (non-hydrogen) atoms. The first-order valence-electron chi connectivity index (χ1n) is 8.13. The molecule has 0 saturated carbocycles. The molecule has 3 rings (SSSR count). The van der Waals surface area contributed by atoms with Gasteiger partial charge in [0.05, 0.1) is 17.6 Å². The predicted molar refractivity (Wildman–Crippen MR) is 107 cm³/mol. The summed E-state index contributed by atoms with van der Waals surface area (Å²) in [6.07, 6.45) is 2.50. The van der Waals surface area contributed by atoms with E-state index in [9.17, 15) is 8.42 Å².